The summed E-state index contributed by atoms with van der Waals surface area (Å²) < 4.78 is 5.97. The van der Waals surface area contributed by atoms with Crippen molar-refractivity contribution >= 4 is 5.97 Å². The molecular weight excluding hydrogens is 362 g/mol. The van der Waals surface area contributed by atoms with Crippen LogP contribution in [0.1, 0.15) is 44.6 Å². The molecule has 2 aliphatic rings. The van der Waals surface area contributed by atoms with Gasteiger partial charge in [0, 0.05) is 0 Å². The Kier molecular flexibility index (Phi) is 8.26. The van der Waals surface area contributed by atoms with Crippen LogP contribution in [0.15, 0.2) is 54.6 Å². The average Bonchev–Trinajstić information content (AvgIpc) is 3.24. The first kappa shape index (κ1) is 21.5. The molecule has 0 bridgehead atoms. The maximum Gasteiger partial charge on any atom is 0.306 e. The quantitative estimate of drug-likeness (QED) is 0.737. The maximum absolute atomic E-state index is 11.0. The molecule has 2 aromatic rings. The number of hydrogen-bond acceptors (Lipinski definition) is 3. The van der Waals surface area contributed by atoms with Gasteiger partial charge in [-0.2, -0.15) is 0 Å². The van der Waals surface area contributed by atoms with Crippen molar-refractivity contribution < 1.29 is 14.6 Å². The van der Waals surface area contributed by atoms with Crippen LogP contribution in [-0.2, 0) is 16.1 Å². The topological polar surface area (TPSA) is 58.6 Å². The molecule has 2 N–H and O–H groups in total. The molecule has 4 nitrogen and oxygen atoms in total. The molecule has 1 saturated heterocycles. The lowest BCUT2D eigenvalue weighted by atomic mass is 10.0. The van der Waals surface area contributed by atoms with E-state index in [4.69, 9.17) is 9.84 Å². The predicted molar refractivity (Wildman–Crippen MR) is 117 cm³/mol. The lowest BCUT2D eigenvalue weighted by Gasteiger charge is -2.17. The molecule has 0 amide bonds. The van der Waals surface area contributed by atoms with Crippen molar-refractivity contribution in [1.82, 2.24) is 5.32 Å². The number of carboxylic acids is 1. The number of hydrogen-bond donors (Lipinski definition) is 2. The second kappa shape index (κ2) is 11.1. The SMILES string of the molecule is CC1CCNCC1.O=C(O)[C@H]1CC[C@H](OCc2ccccc2-c2ccccc2)C1. The van der Waals surface area contributed by atoms with Crippen molar-refractivity contribution in [3.05, 3.63) is 60.2 Å². The summed E-state index contributed by atoms with van der Waals surface area (Å²) in [5, 5.41) is 12.4. The molecule has 2 atom stereocenters. The number of carbonyl (C=O) groups is 1. The van der Waals surface area contributed by atoms with E-state index >= 15 is 0 Å². The zero-order chi connectivity index (χ0) is 20.5. The van der Waals surface area contributed by atoms with Crippen LogP contribution >= 0.6 is 0 Å². The summed E-state index contributed by atoms with van der Waals surface area (Å²) in [6.07, 6.45) is 5.00. The Morgan fingerprint density at radius 2 is 1.69 bits per heavy atom. The lowest BCUT2D eigenvalue weighted by Crippen LogP contribution is -2.26. The van der Waals surface area contributed by atoms with Crippen molar-refractivity contribution in [3.63, 3.8) is 0 Å². The first-order valence-electron chi connectivity index (χ1n) is 10.8. The summed E-state index contributed by atoms with van der Waals surface area (Å²) >= 11 is 0. The van der Waals surface area contributed by atoms with E-state index in [9.17, 15) is 4.79 Å². The molecule has 156 valence electrons. The van der Waals surface area contributed by atoms with Crippen molar-refractivity contribution in [2.45, 2.75) is 51.7 Å². The minimum atomic E-state index is -0.698. The van der Waals surface area contributed by atoms with Crippen LogP contribution in [0, 0.1) is 11.8 Å². The van der Waals surface area contributed by atoms with Gasteiger partial charge in [-0.05, 0) is 67.8 Å². The number of rotatable bonds is 5. The van der Waals surface area contributed by atoms with Crippen LogP contribution < -0.4 is 5.32 Å². The molecule has 1 aliphatic carbocycles. The standard InChI is InChI=1S/C19H20O3.C6H13N/c20-19(21)15-10-11-17(12-15)22-13-16-8-4-5-9-18(16)14-6-2-1-3-7-14;1-6-2-4-7-5-3-6/h1-9,15,17H,10-13H2,(H,20,21);6-7H,2-5H2,1H3/t15-,17-;/m0./s1. The third-order valence-corrected chi connectivity index (χ3v) is 5.94. The number of aliphatic carboxylic acids is 1. The lowest BCUT2D eigenvalue weighted by molar-refractivity contribution is -0.141. The van der Waals surface area contributed by atoms with E-state index in [-0.39, 0.29) is 12.0 Å². The number of ether oxygens (including phenoxy) is 1. The van der Waals surface area contributed by atoms with E-state index in [1.165, 1.54) is 37.1 Å². The number of piperidine rings is 1. The minimum absolute atomic E-state index is 0.0601. The largest absolute Gasteiger partial charge is 0.481 e. The van der Waals surface area contributed by atoms with E-state index in [1.807, 2.05) is 30.3 Å². The smallest absolute Gasteiger partial charge is 0.306 e. The van der Waals surface area contributed by atoms with Crippen molar-refractivity contribution in [1.29, 1.82) is 0 Å². The fourth-order valence-electron chi connectivity index (χ4n) is 4.04. The second-order valence-corrected chi connectivity index (χ2v) is 8.24. The van der Waals surface area contributed by atoms with Crippen LogP contribution in [0.2, 0.25) is 0 Å². The molecular formula is C25H33NO3. The highest BCUT2D eigenvalue weighted by Crippen LogP contribution is 2.30. The third-order valence-electron chi connectivity index (χ3n) is 5.94. The van der Waals surface area contributed by atoms with Gasteiger partial charge in [-0.25, -0.2) is 0 Å². The van der Waals surface area contributed by atoms with Gasteiger partial charge >= 0.3 is 5.97 Å². The summed E-state index contributed by atoms with van der Waals surface area (Å²) in [6.45, 7) is 5.32. The van der Waals surface area contributed by atoms with E-state index in [0.29, 0.717) is 13.0 Å². The van der Waals surface area contributed by atoms with E-state index in [2.05, 4.69) is 36.5 Å². The fraction of sp³-hybridized carbons (Fsp3) is 0.480. The van der Waals surface area contributed by atoms with E-state index < -0.39 is 5.97 Å². The normalized spacial score (nSPS) is 22.0. The van der Waals surface area contributed by atoms with Gasteiger partial charge in [0.2, 0.25) is 0 Å². The van der Waals surface area contributed by atoms with Crippen LogP contribution in [0.4, 0.5) is 0 Å². The Balaban J connectivity index is 0.000000290. The van der Waals surface area contributed by atoms with Gasteiger partial charge in [-0.15, -0.1) is 0 Å². The molecule has 0 aromatic heterocycles. The molecule has 2 fully saturated rings. The Labute approximate surface area is 174 Å². The summed E-state index contributed by atoms with van der Waals surface area (Å²) in [4.78, 5) is 11.0. The van der Waals surface area contributed by atoms with Crippen LogP contribution in [0.5, 0.6) is 0 Å². The van der Waals surface area contributed by atoms with Gasteiger partial charge in [0.25, 0.3) is 0 Å². The summed E-state index contributed by atoms with van der Waals surface area (Å²) in [6, 6.07) is 18.5. The molecule has 2 aromatic carbocycles. The molecule has 1 heterocycles. The fourth-order valence-corrected chi connectivity index (χ4v) is 4.04. The van der Waals surface area contributed by atoms with Crippen LogP contribution in [0.25, 0.3) is 11.1 Å². The summed E-state index contributed by atoms with van der Waals surface area (Å²) in [5.74, 6) is 0.0337. The monoisotopic (exact) mass is 395 g/mol. The minimum Gasteiger partial charge on any atom is -0.481 e. The Morgan fingerprint density at radius 1 is 1.00 bits per heavy atom. The molecule has 1 saturated carbocycles. The first-order valence-corrected chi connectivity index (χ1v) is 10.8. The highest BCUT2D eigenvalue weighted by Gasteiger charge is 2.30. The molecule has 0 unspecified atom stereocenters. The van der Waals surface area contributed by atoms with Crippen molar-refractivity contribution in [3.8, 4) is 11.1 Å². The molecule has 0 radical (unpaired) electrons. The van der Waals surface area contributed by atoms with Gasteiger partial charge < -0.3 is 15.2 Å². The Morgan fingerprint density at radius 3 is 2.31 bits per heavy atom. The molecule has 29 heavy (non-hydrogen) atoms. The summed E-state index contributed by atoms with van der Waals surface area (Å²) in [5.41, 5.74) is 3.50. The van der Waals surface area contributed by atoms with Gasteiger partial charge in [0.05, 0.1) is 18.6 Å². The Hall–Kier alpha value is -2.17. The van der Waals surface area contributed by atoms with Crippen LogP contribution in [-0.4, -0.2) is 30.3 Å². The molecule has 4 heteroatoms. The highest BCUT2D eigenvalue weighted by atomic mass is 16.5. The van der Waals surface area contributed by atoms with Crippen LogP contribution in [0.3, 0.4) is 0 Å². The Bertz CT molecular complexity index is 756. The second-order valence-electron chi connectivity index (χ2n) is 8.24. The number of benzene rings is 2. The summed E-state index contributed by atoms with van der Waals surface area (Å²) in [7, 11) is 0. The first-order chi connectivity index (χ1) is 14.1. The predicted octanol–water partition coefficient (Wildman–Crippen LogP) is 5.13. The molecule has 0 spiro atoms. The van der Waals surface area contributed by atoms with Gasteiger partial charge in [-0.3, -0.25) is 4.79 Å². The number of carboxylic acid groups (broad SMARTS) is 1. The van der Waals surface area contributed by atoms with Gasteiger partial charge in [-0.1, -0.05) is 61.5 Å². The van der Waals surface area contributed by atoms with E-state index in [0.717, 1.165) is 24.3 Å². The zero-order valence-corrected chi connectivity index (χ0v) is 17.3. The highest BCUT2D eigenvalue weighted by molar-refractivity contribution is 5.70. The average molecular weight is 396 g/mol. The third kappa shape index (κ3) is 6.69. The van der Waals surface area contributed by atoms with E-state index in [1.54, 1.807) is 0 Å². The molecule has 1 aliphatic heterocycles. The van der Waals surface area contributed by atoms with Gasteiger partial charge in [0.1, 0.15) is 0 Å². The molecule has 4 rings (SSSR count). The zero-order valence-electron chi connectivity index (χ0n) is 17.3. The van der Waals surface area contributed by atoms with Crippen molar-refractivity contribution in [2.75, 3.05) is 13.1 Å². The van der Waals surface area contributed by atoms with Crippen molar-refractivity contribution in [2.24, 2.45) is 11.8 Å². The maximum atomic E-state index is 11.0. The number of nitrogens with one attached hydrogen (secondary N) is 1. The van der Waals surface area contributed by atoms with Gasteiger partial charge in [0.15, 0.2) is 0 Å².